The Balaban J connectivity index is 1.94. The van der Waals surface area contributed by atoms with E-state index in [-0.39, 0.29) is 18.1 Å². The lowest BCUT2D eigenvalue weighted by atomic mass is 10.0. The van der Waals surface area contributed by atoms with Crippen LogP contribution < -0.4 is 15.2 Å². The van der Waals surface area contributed by atoms with Gasteiger partial charge in [0, 0.05) is 10.5 Å². The number of Topliss-reactive ketones (excluding diaryl/α,β-unsaturated/α-hetero) is 1. The summed E-state index contributed by atoms with van der Waals surface area (Å²) < 4.78 is 11.9. The van der Waals surface area contributed by atoms with Gasteiger partial charge in [-0.25, -0.2) is 0 Å². The van der Waals surface area contributed by atoms with Crippen LogP contribution in [0.5, 0.6) is 11.5 Å². The summed E-state index contributed by atoms with van der Waals surface area (Å²) in [6, 6.07) is 10.8. The van der Waals surface area contributed by atoms with Gasteiger partial charge in [-0.1, -0.05) is 34.1 Å². The summed E-state index contributed by atoms with van der Waals surface area (Å²) in [6.07, 6.45) is 1.69. The molecular formula is C18H14BrNO4. The Morgan fingerprint density at radius 3 is 2.79 bits per heavy atom. The van der Waals surface area contributed by atoms with Gasteiger partial charge < -0.3 is 15.2 Å². The zero-order valence-electron chi connectivity index (χ0n) is 12.8. The third-order valence-corrected chi connectivity index (χ3v) is 4.24. The predicted molar refractivity (Wildman–Crippen MR) is 92.9 cm³/mol. The Kier molecular flexibility index (Phi) is 4.40. The van der Waals surface area contributed by atoms with Gasteiger partial charge in [0.15, 0.2) is 12.4 Å². The largest absolute Gasteiger partial charge is 0.484 e. The first-order chi connectivity index (χ1) is 11.5. The third kappa shape index (κ3) is 3.19. The highest BCUT2D eigenvalue weighted by Crippen LogP contribution is 2.37. The molecular weight excluding hydrogens is 374 g/mol. The quantitative estimate of drug-likeness (QED) is 0.816. The first-order valence-corrected chi connectivity index (χ1v) is 7.99. The van der Waals surface area contributed by atoms with Gasteiger partial charge in [-0.3, -0.25) is 9.59 Å². The molecule has 0 fully saturated rings. The SMILES string of the molecule is Cc1cc(OCC(N)=O)cc2c1C(=O)/C(=C/c1ccccc1Br)O2. The molecule has 0 spiro atoms. The lowest BCUT2D eigenvalue weighted by molar-refractivity contribution is -0.119. The van der Waals surface area contributed by atoms with Crippen LogP contribution in [0.25, 0.3) is 6.08 Å². The number of hydrogen-bond acceptors (Lipinski definition) is 4. The number of ether oxygens (including phenoxy) is 2. The average Bonchev–Trinajstić information content (AvgIpc) is 2.84. The summed E-state index contributed by atoms with van der Waals surface area (Å²) >= 11 is 3.44. The lowest BCUT2D eigenvalue weighted by Crippen LogP contribution is -2.20. The van der Waals surface area contributed by atoms with Crippen LogP contribution in [0.3, 0.4) is 0 Å². The van der Waals surface area contributed by atoms with Gasteiger partial charge >= 0.3 is 0 Å². The van der Waals surface area contributed by atoms with Gasteiger partial charge in [-0.15, -0.1) is 0 Å². The van der Waals surface area contributed by atoms with E-state index in [9.17, 15) is 9.59 Å². The van der Waals surface area contributed by atoms with E-state index in [4.69, 9.17) is 15.2 Å². The number of primary amides is 1. The van der Waals surface area contributed by atoms with Gasteiger partial charge in [0.1, 0.15) is 11.5 Å². The number of hydrogen-bond donors (Lipinski definition) is 1. The van der Waals surface area contributed by atoms with Gasteiger partial charge in [0.25, 0.3) is 5.91 Å². The molecule has 0 bridgehead atoms. The van der Waals surface area contributed by atoms with E-state index < -0.39 is 5.91 Å². The van der Waals surface area contributed by atoms with Crippen LogP contribution in [0.2, 0.25) is 0 Å². The number of ketones is 1. The van der Waals surface area contributed by atoms with E-state index in [1.54, 1.807) is 25.1 Å². The van der Waals surface area contributed by atoms with E-state index in [2.05, 4.69) is 15.9 Å². The molecule has 0 radical (unpaired) electrons. The van der Waals surface area contributed by atoms with Crippen LogP contribution in [0, 0.1) is 6.92 Å². The molecule has 122 valence electrons. The van der Waals surface area contributed by atoms with Gasteiger partial charge in [-0.05, 0) is 36.3 Å². The summed E-state index contributed by atoms with van der Waals surface area (Å²) in [4.78, 5) is 23.4. The Labute approximate surface area is 147 Å². The number of carbonyl (C=O) groups is 2. The molecule has 3 rings (SSSR count). The number of fused-ring (bicyclic) bond motifs is 1. The van der Waals surface area contributed by atoms with Crippen LogP contribution in [0.4, 0.5) is 0 Å². The molecule has 0 unspecified atom stereocenters. The fourth-order valence-corrected chi connectivity index (χ4v) is 2.85. The van der Waals surface area contributed by atoms with Crippen LogP contribution in [0.15, 0.2) is 46.6 Å². The number of amides is 1. The van der Waals surface area contributed by atoms with E-state index in [0.29, 0.717) is 22.6 Å². The molecule has 1 heterocycles. The van der Waals surface area contributed by atoms with Gasteiger partial charge in [0.2, 0.25) is 5.78 Å². The van der Waals surface area contributed by atoms with Crippen molar-refractivity contribution in [1.29, 1.82) is 0 Å². The maximum absolute atomic E-state index is 12.6. The number of nitrogens with two attached hydrogens (primary N) is 1. The third-order valence-electron chi connectivity index (χ3n) is 3.52. The summed E-state index contributed by atoms with van der Waals surface area (Å²) in [7, 11) is 0. The maximum atomic E-state index is 12.6. The molecule has 0 aromatic heterocycles. The standard InChI is InChI=1S/C18H14BrNO4/c1-10-6-12(23-9-16(20)21)8-14-17(10)18(22)15(24-14)7-11-4-2-3-5-13(11)19/h2-8H,9H2,1H3,(H2,20,21)/b15-7-. The second-order valence-electron chi connectivity index (χ2n) is 5.33. The molecule has 2 aromatic carbocycles. The minimum atomic E-state index is -0.570. The minimum absolute atomic E-state index is 0.181. The monoisotopic (exact) mass is 387 g/mol. The number of rotatable bonds is 4. The Hall–Kier alpha value is -2.60. The van der Waals surface area contributed by atoms with Gasteiger partial charge in [0.05, 0.1) is 5.56 Å². The number of benzene rings is 2. The van der Waals surface area contributed by atoms with E-state index in [1.807, 2.05) is 24.3 Å². The molecule has 2 N–H and O–H groups in total. The lowest BCUT2D eigenvalue weighted by Gasteiger charge is -2.07. The van der Waals surface area contributed by atoms with Crippen LogP contribution in [-0.2, 0) is 4.79 Å². The van der Waals surface area contributed by atoms with Crippen molar-refractivity contribution in [3.05, 3.63) is 63.3 Å². The zero-order valence-corrected chi connectivity index (χ0v) is 14.4. The first kappa shape index (κ1) is 16.3. The van der Waals surface area contributed by atoms with E-state index in [1.165, 1.54) is 0 Å². The molecule has 6 heteroatoms. The van der Waals surface area contributed by atoms with Crippen LogP contribution in [0.1, 0.15) is 21.5 Å². The van der Waals surface area contributed by atoms with Crippen LogP contribution >= 0.6 is 15.9 Å². The zero-order chi connectivity index (χ0) is 17.3. The Bertz CT molecular complexity index is 873. The fourth-order valence-electron chi connectivity index (χ4n) is 2.45. The topological polar surface area (TPSA) is 78.6 Å². The van der Waals surface area contributed by atoms with Crippen molar-refractivity contribution in [2.75, 3.05) is 6.61 Å². The number of allylic oxidation sites excluding steroid dienone is 1. The molecule has 1 amide bonds. The average molecular weight is 388 g/mol. The minimum Gasteiger partial charge on any atom is -0.484 e. The molecule has 1 aliphatic heterocycles. The highest BCUT2D eigenvalue weighted by molar-refractivity contribution is 9.10. The second kappa shape index (κ2) is 6.49. The summed E-state index contributed by atoms with van der Waals surface area (Å²) in [5.41, 5.74) is 7.13. The van der Waals surface area contributed by atoms with Gasteiger partial charge in [-0.2, -0.15) is 0 Å². The highest BCUT2D eigenvalue weighted by Gasteiger charge is 2.30. The molecule has 0 saturated heterocycles. The van der Waals surface area contributed by atoms with Crippen molar-refractivity contribution in [1.82, 2.24) is 0 Å². The van der Waals surface area contributed by atoms with Crippen molar-refractivity contribution >= 4 is 33.7 Å². The number of halogens is 1. The van der Waals surface area contributed by atoms with Crippen molar-refractivity contribution in [2.24, 2.45) is 5.73 Å². The summed E-state index contributed by atoms with van der Waals surface area (Å²) in [6.45, 7) is 1.56. The molecule has 0 saturated carbocycles. The van der Waals surface area contributed by atoms with Crippen molar-refractivity contribution < 1.29 is 19.1 Å². The smallest absolute Gasteiger partial charge is 0.255 e. The predicted octanol–water partition coefficient (Wildman–Crippen LogP) is 3.24. The fraction of sp³-hybridized carbons (Fsp3) is 0.111. The molecule has 0 aliphatic carbocycles. The summed E-state index contributed by atoms with van der Waals surface area (Å²) in [5.74, 6) is 0.337. The van der Waals surface area contributed by atoms with Crippen molar-refractivity contribution in [3.8, 4) is 11.5 Å². The molecule has 24 heavy (non-hydrogen) atoms. The van der Waals surface area contributed by atoms with E-state index >= 15 is 0 Å². The van der Waals surface area contributed by atoms with E-state index in [0.717, 1.165) is 10.0 Å². The second-order valence-corrected chi connectivity index (χ2v) is 6.18. The summed E-state index contributed by atoms with van der Waals surface area (Å²) in [5, 5.41) is 0. The first-order valence-electron chi connectivity index (χ1n) is 7.20. The highest BCUT2D eigenvalue weighted by atomic mass is 79.9. The van der Waals surface area contributed by atoms with Crippen molar-refractivity contribution in [2.45, 2.75) is 6.92 Å². The molecule has 2 aromatic rings. The number of carbonyl (C=O) groups excluding carboxylic acids is 2. The molecule has 0 atom stereocenters. The van der Waals surface area contributed by atoms with Crippen molar-refractivity contribution in [3.63, 3.8) is 0 Å². The maximum Gasteiger partial charge on any atom is 0.255 e. The molecule has 1 aliphatic rings. The number of aryl methyl sites for hydroxylation is 1. The van der Waals surface area contributed by atoms with Crippen LogP contribution in [-0.4, -0.2) is 18.3 Å². The normalized spacial score (nSPS) is 14.4. The Morgan fingerprint density at radius 1 is 1.33 bits per heavy atom. The molecule has 5 nitrogen and oxygen atoms in total. The Morgan fingerprint density at radius 2 is 2.08 bits per heavy atom.